The minimum Gasteiger partial charge on any atom is -0.272 e. The molecular formula is C13H22NPTi. The zero-order valence-corrected chi connectivity index (χ0v) is 13.3. The van der Waals surface area contributed by atoms with Gasteiger partial charge in [0.05, 0.1) is 0 Å². The predicted octanol–water partition coefficient (Wildman–Crippen LogP) is 4.67. The van der Waals surface area contributed by atoms with E-state index in [-0.39, 0.29) is 21.7 Å². The van der Waals surface area contributed by atoms with Gasteiger partial charge in [0.1, 0.15) is 0 Å². The normalized spacial score (nSPS) is 12.9. The second-order valence-corrected chi connectivity index (χ2v) is 8.47. The summed E-state index contributed by atoms with van der Waals surface area (Å²) in [5, 5.41) is 0. The van der Waals surface area contributed by atoms with Crippen LogP contribution in [0.15, 0.2) is 53.5 Å². The minimum atomic E-state index is -0.948. The van der Waals surface area contributed by atoms with Crippen LogP contribution in [0.4, 0.5) is 0 Å². The Morgan fingerprint density at radius 3 is 2.19 bits per heavy atom. The van der Waals surface area contributed by atoms with Crippen molar-refractivity contribution in [1.29, 1.82) is 0 Å². The quantitative estimate of drug-likeness (QED) is 0.393. The summed E-state index contributed by atoms with van der Waals surface area (Å²) < 4.78 is 4.62. The van der Waals surface area contributed by atoms with Crippen molar-refractivity contribution in [3.8, 4) is 0 Å². The fourth-order valence-electron chi connectivity index (χ4n) is 0.895. The van der Waals surface area contributed by atoms with E-state index in [2.05, 4.69) is 56.1 Å². The molecule has 0 aromatic heterocycles. The molecule has 0 amide bonds. The molecule has 1 aliphatic rings. The first kappa shape index (κ1) is 18.3. The number of nitrogens with zero attached hydrogens (tertiary/aromatic N) is 1. The maximum atomic E-state index is 4.62. The van der Waals surface area contributed by atoms with Gasteiger partial charge in [0.2, 0.25) is 0 Å². The van der Waals surface area contributed by atoms with Crippen molar-refractivity contribution in [3.05, 3.63) is 48.7 Å². The van der Waals surface area contributed by atoms with Crippen molar-refractivity contribution in [2.75, 3.05) is 20.0 Å². The standard InChI is InChI=1S/C8H14NP.C5H8.Ti/c1-10(2,3)9-8-6-4-5-7-8;1-4-5(2)3;/h4-6H,7H2,1-3H3;4H,1-2H2,3H3;. The second kappa shape index (κ2) is 8.99. The summed E-state index contributed by atoms with van der Waals surface area (Å²) in [6.07, 6.45) is 9.09. The van der Waals surface area contributed by atoms with Crippen LogP contribution in [-0.4, -0.2) is 20.0 Å². The molecule has 0 saturated heterocycles. The van der Waals surface area contributed by atoms with Crippen LogP contribution in [0.1, 0.15) is 13.3 Å². The minimum absolute atomic E-state index is 0. The molecular weight excluding hydrogens is 249 g/mol. The Balaban J connectivity index is 0. The summed E-state index contributed by atoms with van der Waals surface area (Å²) in [6, 6.07) is 0. The summed E-state index contributed by atoms with van der Waals surface area (Å²) in [6.45, 7) is 15.6. The van der Waals surface area contributed by atoms with Gasteiger partial charge in [-0.05, 0) is 40.0 Å². The van der Waals surface area contributed by atoms with E-state index in [1.54, 1.807) is 6.08 Å². The first-order valence-corrected chi connectivity index (χ1v) is 8.12. The molecule has 0 heterocycles. The Labute approximate surface area is 115 Å². The third-order valence-electron chi connectivity index (χ3n) is 1.53. The van der Waals surface area contributed by atoms with Crippen LogP contribution >= 0.6 is 7.05 Å². The van der Waals surface area contributed by atoms with Crippen LogP contribution in [0, 0.1) is 0 Å². The van der Waals surface area contributed by atoms with Crippen LogP contribution in [0.3, 0.4) is 0 Å². The van der Waals surface area contributed by atoms with Gasteiger partial charge in [0.15, 0.2) is 0 Å². The molecule has 0 spiro atoms. The van der Waals surface area contributed by atoms with Gasteiger partial charge in [-0.15, -0.1) is 0 Å². The van der Waals surface area contributed by atoms with E-state index in [9.17, 15) is 0 Å². The van der Waals surface area contributed by atoms with Crippen molar-refractivity contribution in [1.82, 2.24) is 0 Å². The molecule has 0 bridgehead atoms. The molecule has 0 fully saturated rings. The fraction of sp³-hybridized carbons (Fsp3) is 0.385. The van der Waals surface area contributed by atoms with E-state index in [0.29, 0.717) is 0 Å². The predicted molar refractivity (Wildman–Crippen MR) is 74.0 cm³/mol. The Morgan fingerprint density at radius 1 is 1.44 bits per heavy atom. The van der Waals surface area contributed by atoms with E-state index in [1.165, 1.54) is 5.70 Å². The fourth-order valence-corrected chi connectivity index (χ4v) is 1.81. The zero-order valence-electron chi connectivity index (χ0n) is 10.8. The summed E-state index contributed by atoms with van der Waals surface area (Å²) >= 11 is 0. The molecule has 0 atom stereocenters. The van der Waals surface area contributed by atoms with Crippen molar-refractivity contribution >= 4 is 7.05 Å². The van der Waals surface area contributed by atoms with Crippen molar-refractivity contribution in [3.63, 3.8) is 0 Å². The average Bonchev–Trinajstić information content (AvgIpc) is 2.55. The summed E-state index contributed by atoms with van der Waals surface area (Å²) in [5.41, 5.74) is 2.27. The largest absolute Gasteiger partial charge is 0.272 e. The van der Waals surface area contributed by atoms with Gasteiger partial charge < -0.3 is 0 Å². The molecule has 0 aliphatic heterocycles. The molecule has 1 rings (SSSR count). The van der Waals surface area contributed by atoms with Gasteiger partial charge in [0, 0.05) is 33.8 Å². The van der Waals surface area contributed by atoms with Crippen LogP contribution < -0.4 is 0 Å². The van der Waals surface area contributed by atoms with Gasteiger partial charge in [0.25, 0.3) is 0 Å². The summed E-state index contributed by atoms with van der Waals surface area (Å²) in [5.74, 6) is 0. The molecule has 3 heteroatoms. The molecule has 88 valence electrons. The van der Waals surface area contributed by atoms with Crippen LogP contribution in [-0.2, 0) is 21.7 Å². The molecule has 1 aliphatic carbocycles. The van der Waals surface area contributed by atoms with Gasteiger partial charge >= 0.3 is 0 Å². The Hall–Kier alpha value is -0.0957. The number of allylic oxidation sites excluding steroid dienone is 5. The average molecular weight is 271 g/mol. The first-order valence-electron chi connectivity index (χ1n) is 5.03. The summed E-state index contributed by atoms with van der Waals surface area (Å²) in [7, 11) is -0.948. The molecule has 0 saturated carbocycles. The van der Waals surface area contributed by atoms with E-state index in [0.717, 1.165) is 12.0 Å². The molecule has 1 nitrogen and oxygen atoms in total. The Kier molecular flexibility index (Phi) is 10.3. The topological polar surface area (TPSA) is 12.4 Å². The molecule has 0 aromatic carbocycles. The van der Waals surface area contributed by atoms with Gasteiger partial charge in [-0.2, -0.15) is 0 Å². The summed E-state index contributed by atoms with van der Waals surface area (Å²) in [4.78, 5) is 0. The van der Waals surface area contributed by atoms with Crippen molar-refractivity contribution in [2.24, 2.45) is 4.74 Å². The monoisotopic (exact) mass is 271 g/mol. The van der Waals surface area contributed by atoms with E-state index >= 15 is 0 Å². The van der Waals surface area contributed by atoms with Gasteiger partial charge in [-0.3, -0.25) is 4.74 Å². The van der Waals surface area contributed by atoms with E-state index < -0.39 is 7.05 Å². The first-order chi connectivity index (χ1) is 6.85. The second-order valence-electron chi connectivity index (χ2n) is 4.38. The van der Waals surface area contributed by atoms with Crippen molar-refractivity contribution in [2.45, 2.75) is 13.3 Å². The maximum absolute atomic E-state index is 4.62. The third kappa shape index (κ3) is 12.0. The molecule has 0 radical (unpaired) electrons. The van der Waals surface area contributed by atoms with Gasteiger partial charge in [-0.1, -0.05) is 37.0 Å². The SMILES string of the molecule is C=CC(=C)C.CP(C)(C)=NC1=CC=CC1.[Ti]. The molecule has 0 unspecified atom stereocenters. The molecule has 0 N–H and O–H groups in total. The van der Waals surface area contributed by atoms with Crippen LogP contribution in [0.2, 0.25) is 0 Å². The van der Waals surface area contributed by atoms with E-state index in [1.807, 2.05) is 6.92 Å². The van der Waals surface area contributed by atoms with E-state index in [4.69, 9.17) is 0 Å². The Morgan fingerprint density at radius 2 is 1.94 bits per heavy atom. The van der Waals surface area contributed by atoms with Crippen molar-refractivity contribution < 1.29 is 21.7 Å². The van der Waals surface area contributed by atoms with Crippen LogP contribution in [0.5, 0.6) is 0 Å². The number of hydrogen-bond acceptors (Lipinski definition) is 1. The number of rotatable bonds is 2. The maximum Gasteiger partial charge on any atom is 0.0424 e. The smallest absolute Gasteiger partial charge is 0.0424 e. The van der Waals surface area contributed by atoms with Crippen LogP contribution in [0.25, 0.3) is 0 Å². The zero-order chi connectivity index (χ0) is 11.9. The van der Waals surface area contributed by atoms with Gasteiger partial charge in [-0.25, -0.2) is 0 Å². The molecule has 16 heavy (non-hydrogen) atoms. The molecule has 0 aromatic rings. The Bertz CT molecular complexity index is 337. The third-order valence-corrected chi connectivity index (χ3v) is 2.39. The number of hydrogen-bond donors (Lipinski definition) is 0.